The monoisotopic (exact) mass is 292 g/mol. The highest BCUT2D eigenvalue weighted by Gasteiger charge is 2.25. The molecule has 0 spiro atoms. The highest BCUT2D eigenvalue weighted by atomic mass is 16.5. The first-order valence-electron chi connectivity index (χ1n) is 7.00. The number of carboxylic acids is 1. The van der Waals surface area contributed by atoms with Gasteiger partial charge in [-0.3, -0.25) is 4.79 Å². The van der Waals surface area contributed by atoms with Crippen LogP contribution in [-0.4, -0.2) is 29.8 Å². The second-order valence-corrected chi connectivity index (χ2v) is 5.26. The number of hydrogen-bond acceptors (Lipinski definition) is 3. The Morgan fingerprint density at radius 2 is 2.05 bits per heavy atom. The average molecular weight is 292 g/mol. The predicted octanol–water partition coefficient (Wildman–Crippen LogP) is 1.92. The van der Waals surface area contributed by atoms with Gasteiger partial charge in [-0.05, 0) is 19.9 Å². The topological polar surface area (TPSA) is 87.7 Å². The van der Waals surface area contributed by atoms with Gasteiger partial charge in [-0.15, -0.1) is 0 Å². The summed E-state index contributed by atoms with van der Waals surface area (Å²) in [4.78, 5) is 22.9. The number of ether oxygens (including phenoxy) is 1. The van der Waals surface area contributed by atoms with Gasteiger partial charge in [0.05, 0.1) is 18.6 Å². The number of carbonyl (C=O) groups excluding carboxylic acids is 1. The highest BCUT2D eigenvalue weighted by molar-refractivity contribution is 5.77. The standard InChI is InChI=1S/C15H20N2O4/c1-9(14(18)19)10(2)16-15(20)17-12-7-8-21-13-6-4-3-5-11(12)13/h3-6,9-10,12H,7-8H2,1-2H3,(H,18,19)(H2,16,17,20). The first-order valence-corrected chi connectivity index (χ1v) is 7.00. The number of amides is 2. The molecule has 2 rings (SSSR count). The number of urea groups is 1. The van der Waals surface area contributed by atoms with E-state index >= 15 is 0 Å². The normalized spacial score (nSPS) is 19.6. The van der Waals surface area contributed by atoms with E-state index in [1.54, 1.807) is 13.8 Å². The molecule has 1 aliphatic heterocycles. The molecule has 0 aliphatic carbocycles. The summed E-state index contributed by atoms with van der Waals surface area (Å²) in [5, 5.41) is 14.5. The lowest BCUT2D eigenvalue weighted by Gasteiger charge is -2.27. The highest BCUT2D eigenvalue weighted by Crippen LogP contribution is 2.31. The zero-order chi connectivity index (χ0) is 15.4. The molecule has 0 fully saturated rings. The second kappa shape index (κ2) is 6.47. The molecule has 6 heteroatoms. The van der Waals surface area contributed by atoms with Gasteiger partial charge in [-0.2, -0.15) is 0 Å². The van der Waals surface area contributed by atoms with Crippen molar-refractivity contribution < 1.29 is 19.4 Å². The number of rotatable bonds is 4. The van der Waals surface area contributed by atoms with Crippen LogP contribution in [0.3, 0.4) is 0 Å². The molecule has 0 radical (unpaired) electrons. The van der Waals surface area contributed by atoms with Crippen molar-refractivity contribution in [3.8, 4) is 5.75 Å². The summed E-state index contributed by atoms with van der Waals surface area (Å²) in [5.41, 5.74) is 0.942. The largest absolute Gasteiger partial charge is 0.493 e. The lowest BCUT2D eigenvalue weighted by molar-refractivity contribution is -0.141. The average Bonchev–Trinajstić information content (AvgIpc) is 2.46. The van der Waals surface area contributed by atoms with Crippen LogP contribution < -0.4 is 15.4 Å². The molecule has 1 aliphatic rings. The molecular formula is C15H20N2O4. The Balaban J connectivity index is 1.96. The maximum absolute atomic E-state index is 12.0. The molecule has 1 aromatic carbocycles. The van der Waals surface area contributed by atoms with Crippen LogP contribution in [0.5, 0.6) is 5.75 Å². The maximum atomic E-state index is 12.0. The third-order valence-electron chi connectivity index (χ3n) is 3.76. The third kappa shape index (κ3) is 3.65. The quantitative estimate of drug-likeness (QED) is 0.791. The van der Waals surface area contributed by atoms with Crippen molar-refractivity contribution in [3.05, 3.63) is 29.8 Å². The summed E-state index contributed by atoms with van der Waals surface area (Å²) in [6.07, 6.45) is 0.688. The van der Waals surface area contributed by atoms with Crippen LogP contribution in [0.25, 0.3) is 0 Å². The summed E-state index contributed by atoms with van der Waals surface area (Å²) < 4.78 is 5.54. The van der Waals surface area contributed by atoms with Crippen LogP contribution in [0, 0.1) is 5.92 Å². The van der Waals surface area contributed by atoms with Crippen LogP contribution in [0.1, 0.15) is 31.9 Å². The van der Waals surface area contributed by atoms with Gasteiger partial charge >= 0.3 is 12.0 Å². The summed E-state index contributed by atoms with van der Waals surface area (Å²) in [7, 11) is 0. The molecule has 114 valence electrons. The van der Waals surface area contributed by atoms with E-state index in [2.05, 4.69) is 10.6 Å². The number of fused-ring (bicyclic) bond motifs is 1. The van der Waals surface area contributed by atoms with Gasteiger partial charge in [0.15, 0.2) is 0 Å². The van der Waals surface area contributed by atoms with Gasteiger partial charge in [0.2, 0.25) is 0 Å². The molecule has 3 unspecified atom stereocenters. The number of nitrogens with one attached hydrogen (secondary N) is 2. The first-order chi connectivity index (χ1) is 9.99. The Kier molecular flexibility index (Phi) is 4.67. The van der Waals surface area contributed by atoms with Crippen molar-refractivity contribution in [1.82, 2.24) is 10.6 Å². The Morgan fingerprint density at radius 3 is 2.76 bits per heavy atom. The number of aliphatic carboxylic acids is 1. The molecular weight excluding hydrogens is 272 g/mol. The van der Waals surface area contributed by atoms with Crippen LogP contribution >= 0.6 is 0 Å². The number of benzene rings is 1. The van der Waals surface area contributed by atoms with E-state index in [1.165, 1.54) is 0 Å². The Labute approximate surface area is 123 Å². The van der Waals surface area contributed by atoms with Crippen molar-refractivity contribution in [1.29, 1.82) is 0 Å². The minimum atomic E-state index is -0.931. The lowest BCUT2D eigenvalue weighted by atomic mass is 10.0. The zero-order valence-electron chi connectivity index (χ0n) is 12.1. The Morgan fingerprint density at radius 1 is 1.33 bits per heavy atom. The zero-order valence-corrected chi connectivity index (χ0v) is 12.1. The molecule has 0 saturated carbocycles. The molecule has 21 heavy (non-hydrogen) atoms. The minimum Gasteiger partial charge on any atom is -0.493 e. The first kappa shape index (κ1) is 15.2. The van der Waals surface area contributed by atoms with Gasteiger partial charge in [-0.1, -0.05) is 18.2 Å². The minimum absolute atomic E-state index is 0.123. The SMILES string of the molecule is CC(NC(=O)NC1CCOc2ccccc21)C(C)C(=O)O. The molecule has 6 nitrogen and oxygen atoms in total. The van der Waals surface area contributed by atoms with Crippen molar-refractivity contribution in [2.75, 3.05) is 6.61 Å². The fourth-order valence-corrected chi connectivity index (χ4v) is 2.24. The Hall–Kier alpha value is -2.24. The summed E-state index contributed by atoms with van der Waals surface area (Å²) in [6, 6.07) is 6.64. The van der Waals surface area contributed by atoms with Crippen molar-refractivity contribution in [2.24, 2.45) is 5.92 Å². The van der Waals surface area contributed by atoms with Crippen molar-refractivity contribution in [3.63, 3.8) is 0 Å². The molecule has 0 bridgehead atoms. The van der Waals surface area contributed by atoms with Crippen LogP contribution in [0.15, 0.2) is 24.3 Å². The molecule has 0 saturated heterocycles. The fraction of sp³-hybridized carbons (Fsp3) is 0.467. The van der Waals surface area contributed by atoms with Crippen molar-refractivity contribution >= 4 is 12.0 Å². The van der Waals surface area contributed by atoms with E-state index < -0.39 is 17.9 Å². The predicted molar refractivity (Wildman–Crippen MR) is 77.2 cm³/mol. The number of hydrogen-bond donors (Lipinski definition) is 3. The summed E-state index contributed by atoms with van der Waals surface area (Å²) in [6.45, 7) is 3.79. The van der Waals surface area contributed by atoms with Gasteiger partial charge in [0, 0.05) is 18.0 Å². The van der Waals surface area contributed by atoms with Gasteiger partial charge < -0.3 is 20.5 Å². The number of para-hydroxylation sites is 1. The van der Waals surface area contributed by atoms with E-state index in [4.69, 9.17) is 9.84 Å². The molecule has 2 amide bonds. The molecule has 0 aromatic heterocycles. The van der Waals surface area contributed by atoms with E-state index in [-0.39, 0.29) is 12.1 Å². The lowest BCUT2D eigenvalue weighted by Crippen LogP contribution is -2.46. The van der Waals surface area contributed by atoms with Crippen LogP contribution in [0.4, 0.5) is 4.79 Å². The summed E-state index contributed by atoms with van der Waals surface area (Å²) >= 11 is 0. The number of carbonyl (C=O) groups is 2. The van der Waals surface area contributed by atoms with Crippen LogP contribution in [-0.2, 0) is 4.79 Å². The second-order valence-electron chi connectivity index (χ2n) is 5.26. The van der Waals surface area contributed by atoms with Gasteiger partial charge in [0.1, 0.15) is 5.75 Å². The van der Waals surface area contributed by atoms with E-state index in [0.29, 0.717) is 13.0 Å². The summed E-state index contributed by atoms with van der Waals surface area (Å²) in [5.74, 6) is -0.794. The van der Waals surface area contributed by atoms with E-state index in [0.717, 1.165) is 11.3 Å². The van der Waals surface area contributed by atoms with E-state index in [9.17, 15) is 9.59 Å². The molecule has 1 heterocycles. The Bertz CT molecular complexity index is 532. The van der Waals surface area contributed by atoms with Crippen LogP contribution in [0.2, 0.25) is 0 Å². The smallest absolute Gasteiger partial charge is 0.315 e. The molecule has 3 N–H and O–H groups in total. The number of carboxylic acid groups (broad SMARTS) is 1. The maximum Gasteiger partial charge on any atom is 0.315 e. The molecule has 3 atom stereocenters. The fourth-order valence-electron chi connectivity index (χ4n) is 2.24. The van der Waals surface area contributed by atoms with Crippen molar-refractivity contribution in [2.45, 2.75) is 32.4 Å². The molecule has 1 aromatic rings. The van der Waals surface area contributed by atoms with Gasteiger partial charge in [-0.25, -0.2) is 4.79 Å². The van der Waals surface area contributed by atoms with E-state index in [1.807, 2.05) is 24.3 Å². The third-order valence-corrected chi connectivity index (χ3v) is 3.76. The van der Waals surface area contributed by atoms with Gasteiger partial charge in [0.25, 0.3) is 0 Å².